The Labute approximate surface area is 155 Å². The third-order valence-corrected chi connectivity index (χ3v) is 6.12. The molecule has 0 aromatic rings. The number of hydrogen-bond acceptors (Lipinski definition) is 4. The fraction of sp³-hybridized carbons (Fsp3) is 0.733. The lowest BCUT2D eigenvalue weighted by Gasteiger charge is -2.35. The van der Waals surface area contributed by atoms with E-state index >= 15 is 0 Å². The van der Waals surface area contributed by atoms with Gasteiger partial charge in [0.05, 0.1) is 0 Å². The number of rotatable bonds is 6. The van der Waals surface area contributed by atoms with Crippen molar-refractivity contribution in [3.8, 4) is 0 Å². The molecule has 0 aliphatic carbocycles. The van der Waals surface area contributed by atoms with Crippen LogP contribution in [0.15, 0.2) is 0 Å². The van der Waals surface area contributed by atoms with Crippen LogP contribution in [0.1, 0.15) is 33.1 Å². The number of nitrogens with one attached hydrogen (secondary N) is 8. The summed E-state index contributed by atoms with van der Waals surface area (Å²) >= 11 is 0. The van der Waals surface area contributed by atoms with Gasteiger partial charge in [-0.1, -0.05) is 20.3 Å². The molecular formula is C15H24N8O4. The molecule has 4 aliphatic rings. The van der Waals surface area contributed by atoms with Crippen molar-refractivity contribution in [2.45, 2.75) is 56.8 Å². The van der Waals surface area contributed by atoms with E-state index in [4.69, 9.17) is 0 Å². The standard InChI is InChI=1S/C15H24N8O4/c1-6(14-8(16-10(24)20-14)17-11(25)21-14)4-3-5-7(2)15-9(18-12(26)22-15)19-13(27)23-15/h6-9H,3-5H2,1-2H3,(H2,16,20,24)(H2,17,21,25)(H2,18,22,26)(H2,19,23,27). The van der Waals surface area contributed by atoms with Crippen molar-refractivity contribution in [1.82, 2.24) is 42.5 Å². The first-order valence-corrected chi connectivity index (χ1v) is 9.10. The Morgan fingerprint density at radius 3 is 1.26 bits per heavy atom. The molecule has 4 aliphatic heterocycles. The molecule has 12 heteroatoms. The zero-order valence-electron chi connectivity index (χ0n) is 15.1. The summed E-state index contributed by atoms with van der Waals surface area (Å²) in [6, 6.07) is -1.30. The van der Waals surface area contributed by atoms with E-state index in [1.165, 1.54) is 0 Å². The molecule has 8 N–H and O–H groups in total. The van der Waals surface area contributed by atoms with Gasteiger partial charge in [-0.3, -0.25) is 0 Å². The van der Waals surface area contributed by atoms with Crippen LogP contribution in [0.5, 0.6) is 0 Å². The summed E-state index contributed by atoms with van der Waals surface area (Å²) in [6.45, 7) is 3.94. The molecule has 0 spiro atoms. The first-order valence-electron chi connectivity index (χ1n) is 9.10. The van der Waals surface area contributed by atoms with E-state index in [1.807, 2.05) is 13.8 Å². The second-order valence-corrected chi connectivity index (χ2v) is 7.73. The van der Waals surface area contributed by atoms with Gasteiger partial charge in [0.1, 0.15) is 12.3 Å². The fourth-order valence-corrected chi connectivity index (χ4v) is 4.55. The molecule has 2 atom stereocenters. The van der Waals surface area contributed by atoms with Gasteiger partial charge in [0.2, 0.25) is 0 Å². The van der Waals surface area contributed by atoms with Crippen LogP contribution in [0.3, 0.4) is 0 Å². The molecule has 0 radical (unpaired) electrons. The minimum atomic E-state index is -0.857. The molecule has 4 rings (SSSR count). The monoisotopic (exact) mass is 380 g/mol. The van der Waals surface area contributed by atoms with Gasteiger partial charge in [-0.2, -0.15) is 0 Å². The molecule has 148 valence electrons. The Morgan fingerprint density at radius 2 is 0.963 bits per heavy atom. The number of carbonyl (C=O) groups is 4. The van der Waals surface area contributed by atoms with E-state index in [2.05, 4.69) is 42.5 Å². The molecule has 8 amide bonds. The summed E-state index contributed by atoms with van der Waals surface area (Å²) < 4.78 is 0. The highest BCUT2D eigenvalue weighted by Crippen LogP contribution is 2.32. The van der Waals surface area contributed by atoms with Crippen molar-refractivity contribution < 1.29 is 19.2 Å². The molecule has 12 nitrogen and oxygen atoms in total. The smallest absolute Gasteiger partial charge is 0.314 e. The first kappa shape index (κ1) is 17.5. The fourth-order valence-electron chi connectivity index (χ4n) is 4.55. The second kappa shape index (κ2) is 5.79. The van der Waals surface area contributed by atoms with Crippen LogP contribution in [-0.4, -0.2) is 47.8 Å². The van der Waals surface area contributed by atoms with Crippen LogP contribution in [0, 0.1) is 11.8 Å². The van der Waals surface area contributed by atoms with Gasteiger partial charge in [-0.05, 0) is 12.8 Å². The highest BCUT2D eigenvalue weighted by Gasteiger charge is 2.57. The Bertz CT molecular complexity index is 614. The topological polar surface area (TPSA) is 165 Å². The van der Waals surface area contributed by atoms with Gasteiger partial charge >= 0.3 is 24.1 Å². The van der Waals surface area contributed by atoms with Crippen LogP contribution >= 0.6 is 0 Å². The maximum absolute atomic E-state index is 11.7. The quantitative estimate of drug-likeness (QED) is 0.288. The zero-order chi connectivity index (χ0) is 19.4. The van der Waals surface area contributed by atoms with E-state index in [-0.39, 0.29) is 36.0 Å². The minimum absolute atomic E-state index is 0.0338. The molecule has 0 bridgehead atoms. The molecule has 0 aromatic carbocycles. The van der Waals surface area contributed by atoms with Gasteiger partial charge in [0.25, 0.3) is 0 Å². The maximum Gasteiger partial charge on any atom is 0.318 e. The van der Waals surface area contributed by atoms with Gasteiger partial charge in [-0.15, -0.1) is 0 Å². The summed E-state index contributed by atoms with van der Waals surface area (Å²) in [5.74, 6) is -0.0676. The number of urea groups is 4. The van der Waals surface area contributed by atoms with Gasteiger partial charge in [0.15, 0.2) is 11.3 Å². The summed E-state index contributed by atoms with van der Waals surface area (Å²) in [5.41, 5.74) is -1.71. The van der Waals surface area contributed by atoms with Crippen LogP contribution < -0.4 is 42.5 Å². The van der Waals surface area contributed by atoms with E-state index in [0.29, 0.717) is 0 Å². The predicted octanol–water partition coefficient (Wildman–Crippen LogP) is -1.28. The van der Waals surface area contributed by atoms with Gasteiger partial charge in [-0.25, -0.2) is 19.2 Å². The largest absolute Gasteiger partial charge is 0.318 e. The Balaban J connectivity index is 1.37. The summed E-state index contributed by atoms with van der Waals surface area (Å²) in [6.07, 6.45) is 1.25. The van der Waals surface area contributed by atoms with Crippen molar-refractivity contribution in [3.05, 3.63) is 0 Å². The van der Waals surface area contributed by atoms with E-state index < -0.39 is 23.7 Å². The van der Waals surface area contributed by atoms with E-state index in [9.17, 15) is 19.2 Å². The third kappa shape index (κ3) is 2.58. The maximum atomic E-state index is 11.7. The summed E-state index contributed by atoms with van der Waals surface area (Å²) in [4.78, 5) is 46.8. The first-order chi connectivity index (χ1) is 12.7. The predicted molar refractivity (Wildman–Crippen MR) is 91.9 cm³/mol. The van der Waals surface area contributed by atoms with Crippen molar-refractivity contribution in [2.75, 3.05) is 0 Å². The van der Waals surface area contributed by atoms with E-state index in [0.717, 1.165) is 19.3 Å². The molecule has 4 saturated heterocycles. The van der Waals surface area contributed by atoms with Crippen LogP contribution in [-0.2, 0) is 0 Å². The van der Waals surface area contributed by atoms with Crippen molar-refractivity contribution in [1.29, 1.82) is 0 Å². The van der Waals surface area contributed by atoms with E-state index in [1.54, 1.807) is 0 Å². The van der Waals surface area contributed by atoms with Crippen LogP contribution in [0.4, 0.5) is 19.2 Å². The number of carbonyl (C=O) groups excluding carboxylic acids is 4. The summed E-state index contributed by atoms with van der Waals surface area (Å²) in [5, 5.41) is 22.1. The van der Waals surface area contributed by atoms with Gasteiger partial charge in [0, 0.05) is 11.8 Å². The normalized spacial score (nSPS) is 38.1. The second-order valence-electron chi connectivity index (χ2n) is 7.73. The highest BCUT2D eigenvalue weighted by molar-refractivity contribution is 5.87. The Kier molecular flexibility index (Phi) is 3.75. The molecule has 2 unspecified atom stereocenters. The lowest BCUT2D eigenvalue weighted by atomic mass is 9.84. The van der Waals surface area contributed by atoms with Crippen LogP contribution in [0.2, 0.25) is 0 Å². The Hall–Kier alpha value is -2.92. The molecule has 4 heterocycles. The molecular weight excluding hydrogens is 356 g/mol. The number of hydrogen-bond donors (Lipinski definition) is 8. The molecule has 0 aromatic heterocycles. The van der Waals surface area contributed by atoms with Gasteiger partial charge < -0.3 is 42.5 Å². The zero-order valence-corrected chi connectivity index (χ0v) is 15.1. The lowest BCUT2D eigenvalue weighted by Crippen LogP contribution is -2.61. The van der Waals surface area contributed by atoms with Crippen LogP contribution in [0.25, 0.3) is 0 Å². The third-order valence-electron chi connectivity index (χ3n) is 6.12. The average Bonchev–Trinajstić information content (AvgIpc) is 3.22. The Morgan fingerprint density at radius 1 is 0.667 bits per heavy atom. The SMILES string of the molecule is CC(CCCC(C)C12NC(=O)NC1NC(=O)N2)C12NC(=O)NC1NC(=O)N2. The van der Waals surface area contributed by atoms with Crippen molar-refractivity contribution >= 4 is 24.1 Å². The lowest BCUT2D eigenvalue weighted by molar-refractivity contribution is 0.173. The van der Waals surface area contributed by atoms with Crippen molar-refractivity contribution in [3.63, 3.8) is 0 Å². The average molecular weight is 380 g/mol. The highest BCUT2D eigenvalue weighted by atomic mass is 16.2. The summed E-state index contributed by atoms with van der Waals surface area (Å²) in [7, 11) is 0. The molecule has 27 heavy (non-hydrogen) atoms. The minimum Gasteiger partial charge on any atom is -0.314 e. The number of fused-ring (bicyclic) bond motifs is 2. The molecule has 4 fully saturated rings. The van der Waals surface area contributed by atoms with Crippen molar-refractivity contribution in [2.24, 2.45) is 11.8 Å². The number of amides is 8. The molecule has 0 saturated carbocycles.